The van der Waals surface area contributed by atoms with Gasteiger partial charge in [0.2, 0.25) is 0 Å². The zero-order valence-corrected chi connectivity index (χ0v) is 19.2. The van der Waals surface area contributed by atoms with Crippen molar-refractivity contribution in [3.63, 3.8) is 0 Å². The molecule has 0 spiro atoms. The van der Waals surface area contributed by atoms with Crippen LogP contribution in [-0.2, 0) is 4.74 Å². The van der Waals surface area contributed by atoms with Gasteiger partial charge in [0.05, 0.1) is 17.7 Å². The van der Waals surface area contributed by atoms with Crippen molar-refractivity contribution < 1.29 is 9.53 Å². The number of benzene rings is 3. The summed E-state index contributed by atoms with van der Waals surface area (Å²) >= 11 is 0. The van der Waals surface area contributed by atoms with E-state index in [1.54, 1.807) is 0 Å². The molecular weight excluding hydrogens is 420 g/mol. The number of rotatable bonds is 3. The van der Waals surface area contributed by atoms with Crippen LogP contribution < -0.4 is 0 Å². The minimum absolute atomic E-state index is 0.0505. The first-order valence-corrected chi connectivity index (χ1v) is 12.0. The number of nitrogens with zero attached hydrogens (tertiary/aromatic N) is 2. The van der Waals surface area contributed by atoms with Gasteiger partial charge >= 0.3 is 6.09 Å². The van der Waals surface area contributed by atoms with Gasteiger partial charge in [-0.2, -0.15) is 5.26 Å². The molecule has 0 saturated carbocycles. The van der Waals surface area contributed by atoms with Crippen LogP contribution in [0.4, 0.5) is 4.79 Å². The van der Waals surface area contributed by atoms with Crippen molar-refractivity contribution in [1.29, 1.82) is 5.26 Å². The summed E-state index contributed by atoms with van der Waals surface area (Å²) in [6, 6.07) is 25.1. The summed E-state index contributed by atoms with van der Waals surface area (Å²) in [6.45, 7) is 2.43. The van der Waals surface area contributed by atoms with Crippen molar-refractivity contribution in [1.82, 2.24) is 4.90 Å². The van der Waals surface area contributed by atoms with Gasteiger partial charge in [-0.25, -0.2) is 4.79 Å². The van der Waals surface area contributed by atoms with E-state index >= 15 is 0 Å². The van der Waals surface area contributed by atoms with Gasteiger partial charge in [-0.3, -0.25) is 4.90 Å². The van der Waals surface area contributed by atoms with Crippen molar-refractivity contribution in [2.45, 2.75) is 44.2 Å². The quantitative estimate of drug-likeness (QED) is 0.465. The Labute approximate surface area is 200 Å². The van der Waals surface area contributed by atoms with Gasteiger partial charge in [0.1, 0.15) is 6.61 Å². The van der Waals surface area contributed by atoms with Gasteiger partial charge in [0.15, 0.2) is 0 Å². The van der Waals surface area contributed by atoms with E-state index in [4.69, 9.17) is 4.74 Å². The van der Waals surface area contributed by atoms with Crippen LogP contribution in [0.3, 0.4) is 0 Å². The Balaban J connectivity index is 1.21. The number of hydrogen-bond donors (Lipinski definition) is 0. The van der Waals surface area contributed by atoms with Crippen molar-refractivity contribution in [3.05, 3.63) is 101 Å². The van der Waals surface area contributed by atoms with E-state index in [1.807, 2.05) is 23.1 Å². The van der Waals surface area contributed by atoms with E-state index in [2.05, 4.69) is 67.6 Å². The minimum Gasteiger partial charge on any atom is -0.448 e. The fraction of sp³-hybridized carbons (Fsp3) is 0.267. The van der Waals surface area contributed by atoms with Gasteiger partial charge < -0.3 is 4.74 Å². The number of amides is 1. The number of carbonyl (C=O) groups is 1. The van der Waals surface area contributed by atoms with Gasteiger partial charge in [0.25, 0.3) is 0 Å². The van der Waals surface area contributed by atoms with E-state index in [1.165, 1.54) is 33.4 Å². The molecule has 2 aliphatic heterocycles. The predicted molar refractivity (Wildman–Crippen MR) is 132 cm³/mol. The van der Waals surface area contributed by atoms with E-state index in [9.17, 15) is 10.1 Å². The van der Waals surface area contributed by atoms with Crippen LogP contribution in [0.5, 0.6) is 0 Å². The van der Waals surface area contributed by atoms with Crippen molar-refractivity contribution in [3.8, 4) is 17.2 Å². The lowest BCUT2D eigenvalue weighted by Gasteiger charge is -2.34. The lowest BCUT2D eigenvalue weighted by atomic mass is 9.91. The summed E-state index contributed by atoms with van der Waals surface area (Å²) in [5.74, 6) is 0.0706. The summed E-state index contributed by atoms with van der Waals surface area (Å²) < 4.78 is 5.98. The predicted octanol–water partition coefficient (Wildman–Crippen LogP) is 6.44. The fourth-order valence-corrected chi connectivity index (χ4v) is 6.02. The summed E-state index contributed by atoms with van der Waals surface area (Å²) in [6.07, 6.45) is 4.73. The number of nitriles is 1. The van der Waals surface area contributed by atoms with Crippen LogP contribution in [0, 0.1) is 18.3 Å². The van der Waals surface area contributed by atoms with E-state index in [0.29, 0.717) is 12.2 Å². The number of aryl methyl sites for hydroxylation is 1. The van der Waals surface area contributed by atoms with Gasteiger partial charge in [-0.1, -0.05) is 60.7 Å². The third-order valence-electron chi connectivity index (χ3n) is 7.65. The number of ether oxygens (including phenoxy) is 1. The number of hydrogen-bond acceptors (Lipinski definition) is 3. The summed E-state index contributed by atoms with van der Waals surface area (Å²) in [4.78, 5) is 15.2. The Morgan fingerprint density at radius 3 is 2.38 bits per heavy atom. The van der Waals surface area contributed by atoms with E-state index in [-0.39, 0.29) is 24.1 Å². The molecule has 3 aromatic rings. The minimum atomic E-state index is -0.216. The molecule has 4 heteroatoms. The molecule has 6 rings (SSSR count). The van der Waals surface area contributed by atoms with Crippen LogP contribution in [0.25, 0.3) is 16.7 Å². The second kappa shape index (κ2) is 8.18. The molecular formula is C30H26N2O2. The first-order chi connectivity index (χ1) is 16.6. The SMILES string of the molecule is Cc1ccc(C#N)cc1C1=CC2CCC(C1)N2C(=O)OCC1c2ccccc2-c2ccccc21. The zero-order valence-electron chi connectivity index (χ0n) is 19.2. The molecule has 34 heavy (non-hydrogen) atoms. The van der Waals surface area contributed by atoms with Crippen LogP contribution >= 0.6 is 0 Å². The topological polar surface area (TPSA) is 53.3 Å². The first-order valence-electron chi connectivity index (χ1n) is 12.0. The molecule has 3 aliphatic rings. The van der Waals surface area contributed by atoms with E-state index in [0.717, 1.165) is 24.8 Å². The molecule has 0 N–H and O–H groups in total. The fourth-order valence-electron chi connectivity index (χ4n) is 6.02. The van der Waals surface area contributed by atoms with Gasteiger partial charge in [-0.15, -0.1) is 0 Å². The average molecular weight is 447 g/mol. The first kappa shape index (κ1) is 20.7. The van der Waals surface area contributed by atoms with Crippen molar-refractivity contribution in [2.24, 2.45) is 0 Å². The molecule has 2 heterocycles. The molecule has 2 bridgehead atoms. The van der Waals surface area contributed by atoms with E-state index < -0.39 is 0 Å². The molecule has 3 aromatic carbocycles. The third-order valence-corrected chi connectivity index (χ3v) is 7.65. The normalized spacial score (nSPS) is 20.4. The Bertz CT molecular complexity index is 1320. The highest BCUT2D eigenvalue weighted by atomic mass is 16.6. The summed E-state index contributed by atoms with van der Waals surface area (Å²) in [5, 5.41) is 9.32. The maximum Gasteiger partial charge on any atom is 0.410 e. The molecule has 2 atom stereocenters. The Morgan fingerprint density at radius 2 is 1.71 bits per heavy atom. The average Bonchev–Trinajstić information content (AvgIpc) is 3.33. The maximum absolute atomic E-state index is 13.3. The lowest BCUT2D eigenvalue weighted by Crippen LogP contribution is -2.43. The molecule has 168 valence electrons. The number of carbonyl (C=O) groups excluding carboxylic acids is 1. The second-order valence-electron chi connectivity index (χ2n) is 9.55. The summed E-state index contributed by atoms with van der Waals surface area (Å²) in [5.41, 5.74) is 9.14. The Kier molecular flexibility index (Phi) is 4.99. The maximum atomic E-state index is 13.3. The number of fused-ring (bicyclic) bond motifs is 5. The smallest absolute Gasteiger partial charge is 0.410 e. The molecule has 2 unspecified atom stereocenters. The highest BCUT2D eigenvalue weighted by molar-refractivity contribution is 5.80. The Morgan fingerprint density at radius 1 is 1.00 bits per heavy atom. The van der Waals surface area contributed by atoms with Crippen molar-refractivity contribution >= 4 is 11.7 Å². The molecule has 1 aliphatic carbocycles. The largest absolute Gasteiger partial charge is 0.448 e. The highest BCUT2D eigenvalue weighted by Crippen LogP contribution is 2.45. The molecule has 0 aromatic heterocycles. The standard InChI is InChI=1S/C30H26N2O2/c1-19-10-11-20(17-31)14-28(19)21-15-22-12-13-23(16-21)32(22)30(33)34-18-29-26-8-4-2-6-24(26)25-7-3-5-9-27(25)29/h2-11,14-15,22-23,29H,12-13,16,18H2,1H3. The van der Waals surface area contributed by atoms with Crippen molar-refractivity contribution in [2.75, 3.05) is 6.61 Å². The highest BCUT2D eigenvalue weighted by Gasteiger charge is 2.41. The molecule has 1 amide bonds. The van der Waals surface area contributed by atoms with Crippen LogP contribution in [-0.4, -0.2) is 29.7 Å². The monoisotopic (exact) mass is 446 g/mol. The van der Waals surface area contributed by atoms with Gasteiger partial charge in [0, 0.05) is 12.0 Å². The van der Waals surface area contributed by atoms with Gasteiger partial charge in [-0.05, 0) is 77.3 Å². The lowest BCUT2D eigenvalue weighted by molar-refractivity contribution is 0.0866. The third kappa shape index (κ3) is 3.31. The summed E-state index contributed by atoms with van der Waals surface area (Å²) in [7, 11) is 0. The molecule has 1 fully saturated rings. The van der Waals surface area contributed by atoms with Crippen LogP contribution in [0.15, 0.2) is 72.8 Å². The zero-order chi connectivity index (χ0) is 23.2. The molecule has 1 saturated heterocycles. The molecule has 4 nitrogen and oxygen atoms in total. The molecule has 0 radical (unpaired) electrons. The van der Waals surface area contributed by atoms with Crippen LogP contribution in [0.1, 0.15) is 53.0 Å². The van der Waals surface area contributed by atoms with Crippen LogP contribution in [0.2, 0.25) is 0 Å². The second-order valence-corrected chi connectivity index (χ2v) is 9.55. The Hall–Kier alpha value is -3.84.